The summed E-state index contributed by atoms with van der Waals surface area (Å²) in [4.78, 5) is 0. The monoisotopic (exact) mass is 439 g/mol. The molecule has 0 aliphatic heterocycles. The molecule has 1 unspecified atom stereocenters. The van der Waals surface area contributed by atoms with Crippen molar-refractivity contribution >= 4 is 45.9 Å². The summed E-state index contributed by atoms with van der Waals surface area (Å²) in [7, 11) is 20.9. The molecule has 0 aromatic heterocycles. The van der Waals surface area contributed by atoms with Crippen LogP contribution < -0.4 is 0 Å². The zero-order chi connectivity index (χ0) is 10.4. The van der Waals surface area contributed by atoms with Crippen molar-refractivity contribution in [2.75, 3.05) is 0 Å². The molecular weight excluding hydrogens is 432 g/mol. The topological polar surface area (TPSA) is 23.8 Å². The summed E-state index contributed by atoms with van der Waals surface area (Å²) in [5.74, 6) is 0.241. The van der Waals surface area contributed by atoms with Crippen molar-refractivity contribution in [3.05, 3.63) is 0 Å². The first-order valence-corrected chi connectivity index (χ1v) is 23.0. The zero-order valence-electron chi connectivity index (χ0n) is 6.57. The Morgan fingerprint density at radius 3 is 1.50 bits per heavy atom. The van der Waals surface area contributed by atoms with E-state index in [1.54, 1.807) is 0 Å². The first-order chi connectivity index (χ1) is 5.04. The third-order valence-corrected chi connectivity index (χ3v) is 0.833. The van der Waals surface area contributed by atoms with E-state index in [-0.39, 0.29) is 5.92 Å². The van der Waals surface area contributed by atoms with Gasteiger partial charge in [0.05, 0.1) is 6.07 Å². The van der Waals surface area contributed by atoms with Crippen molar-refractivity contribution in [2.45, 2.75) is 20.3 Å². The molecule has 0 bridgehead atoms. The van der Waals surface area contributed by atoms with E-state index in [9.17, 15) is 0 Å². The predicted molar refractivity (Wildman–Crippen MR) is 54.3 cm³/mol. The van der Waals surface area contributed by atoms with Crippen LogP contribution in [0.4, 0.5) is 0 Å². The van der Waals surface area contributed by atoms with E-state index in [0.717, 1.165) is 6.42 Å². The summed E-state index contributed by atoms with van der Waals surface area (Å²) < 4.78 is 0. The van der Waals surface area contributed by atoms with E-state index < -0.39 is 10.4 Å². The number of rotatable bonds is 1. The van der Waals surface area contributed by atoms with Gasteiger partial charge in [-0.2, -0.15) is 5.26 Å². The molecule has 1 nitrogen and oxygen atoms in total. The Bertz CT molecular complexity index is 150. The number of hydrogen-bond donors (Lipinski definition) is 0. The van der Waals surface area contributed by atoms with Gasteiger partial charge in [-0.05, 0) is 13.3 Å². The van der Waals surface area contributed by atoms with Crippen molar-refractivity contribution in [1.82, 2.24) is 0 Å². The Morgan fingerprint density at radius 2 is 1.50 bits per heavy atom. The van der Waals surface area contributed by atoms with Gasteiger partial charge in [0.1, 0.15) is 0 Å². The molecule has 0 aliphatic rings. The van der Waals surface area contributed by atoms with Gasteiger partial charge in [-0.3, -0.25) is 0 Å². The Hall–Kier alpha value is 1.68. The van der Waals surface area contributed by atoms with E-state index in [2.05, 4.69) is 6.07 Å². The van der Waals surface area contributed by atoms with Crippen LogP contribution in [0.3, 0.4) is 0 Å². The molecule has 0 rings (SSSR count). The van der Waals surface area contributed by atoms with Crippen molar-refractivity contribution in [3.8, 4) is 6.07 Å². The van der Waals surface area contributed by atoms with Gasteiger partial charge in [0.2, 0.25) is 0 Å². The molecule has 0 aromatic rings. The van der Waals surface area contributed by atoms with E-state index in [4.69, 9.17) is 51.2 Å². The molecule has 0 aromatic carbocycles. The molecule has 0 aliphatic carbocycles. The average Bonchev–Trinajstić information content (AvgIpc) is 1.81. The molecule has 12 heavy (non-hydrogen) atoms. The second kappa shape index (κ2) is 6.22. The van der Waals surface area contributed by atoms with Crippen molar-refractivity contribution in [2.24, 2.45) is 5.92 Å². The summed E-state index contributed by atoms with van der Waals surface area (Å²) in [5.41, 5.74) is 0. The third-order valence-electron chi connectivity index (χ3n) is 0.833. The van der Waals surface area contributed by atoms with Crippen LogP contribution in [-0.4, -0.2) is 0 Å². The molecule has 0 spiro atoms. The van der Waals surface area contributed by atoms with Gasteiger partial charge in [-0.25, -0.2) is 0 Å². The van der Waals surface area contributed by atoms with Gasteiger partial charge >= 0.3 is 56.4 Å². The Labute approximate surface area is 92.9 Å². The minimum atomic E-state index is -4.44. The molecule has 7 heteroatoms. The molecule has 0 heterocycles. The molecule has 0 fully saturated rings. The van der Waals surface area contributed by atoms with Crippen LogP contribution in [0.5, 0.6) is 0 Å². The van der Waals surface area contributed by atoms with Gasteiger partial charge in [0, 0.05) is 5.92 Å². The van der Waals surface area contributed by atoms with Gasteiger partial charge in [-0.15, -0.1) is 0 Å². The average molecular weight is 441 g/mol. The summed E-state index contributed by atoms with van der Waals surface area (Å²) in [5, 5.41) is 8.08. The van der Waals surface area contributed by atoms with E-state index in [1.807, 2.05) is 13.8 Å². The number of nitrogens with zero attached hydrogens (tertiary/aromatic N) is 1. The minimum absolute atomic E-state index is 0.241. The summed E-state index contributed by atoms with van der Waals surface area (Å²) in [6.45, 7) is 3.92. The first-order valence-electron chi connectivity index (χ1n) is 3.05. The van der Waals surface area contributed by atoms with Crippen LogP contribution in [0.25, 0.3) is 0 Å². The molecule has 0 N–H and O–H groups in total. The van der Waals surface area contributed by atoms with Gasteiger partial charge in [0.15, 0.2) is 0 Å². The Morgan fingerprint density at radius 1 is 1.25 bits per heavy atom. The molecule has 0 radical (unpaired) electrons. The maximum absolute atomic E-state index is 8.08. The van der Waals surface area contributed by atoms with Crippen LogP contribution in [0.1, 0.15) is 20.3 Å². The van der Waals surface area contributed by atoms with Crippen LogP contribution >= 0.6 is 45.9 Å². The summed E-state index contributed by atoms with van der Waals surface area (Å²) >= 11 is 0. The fourth-order valence-corrected chi connectivity index (χ4v) is 0.0913. The number of halogens is 5. The molecule has 74 valence electrons. The molecule has 0 saturated heterocycles. The number of nitriles is 1. The van der Waals surface area contributed by atoms with Gasteiger partial charge in [0.25, 0.3) is 0 Å². The number of hydrogen-bond acceptors (Lipinski definition) is 1. The van der Waals surface area contributed by atoms with Crippen LogP contribution in [0.15, 0.2) is 0 Å². The van der Waals surface area contributed by atoms with Crippen LogP contribution in [0.2, 0.25) is 0 Å². The summed E-state index contributed by atoms with van der Waals surface area (Å²) in [6.07, 6.45) is 0.969. The third kappa shape index (κ3) is 41.3. The molecular formula is C5H9Cl5NTa. The van der Waals surface area contributed by atoms with Crippen LogP contribution in [0, 0.1) is 17.2 Å². The molecule has 1 atom stereocenters. The van der Waals surface area contributed by atoms with Gasteiger partial charge < -0.3 is 0 Å². The molecule has 0 amide bonds. The Balaban J connectivity index is 0. The van der Waals surface area contributed by atoms with Crippen LogP contribution in [-0.2, 0) is 10.4 Å². The fraction of sp³-hybridized carbons (Fsp3) is 0.800. The quantitative estimate of drug-likeness (QED) is 0.562. The predicted octanol–water partition coefficient (Wildman–Crippen LogP) is 5.00. The van der Waals surface area contributed by atoms with Gasteiger partial charge in [-0.1, -0.05) is 6.92 Å². The zero-order valence-corrected chi connectivity index (χ0v) is 13.6. The standard InChI is InChI=1S/C5H9N.5ClH.Ta/c1-3-5(2)4-6;;;;;;/h5H,3H2,1-2H3;5*1H;/q;;;;;;+5/p-5. The maximum atomic E-state index is 8.08. The fourth-order valence-electron chi connectivity index (χ4n) is 0.0913. The SMILES string of the molecule is CCC(C)C#N.[Cl][Ta]([Cl])([Cl])([Cl])[Cl]. The second-order valence-electron chi connectivity index (χ2n) is 2.08. The second-order valence-corrected chi connectivity index (χ2v) is 48.5. The molecule has 0 saturated carbocycles. The Kier molecular flexibility index (Phi) is 8.35. The summed E-state index contributed by atoms with van der Waals surface area (Å²) in [6, 6.07) is 2.11. The van der Waals surface area contributed by atoms with E-state index >= 15 is 0 Å². The van der Waals surface area contributed by atoms with Crippen molar-refractivity contribution in [1.29, 1.82) is 5.26 Å². The van der Waals surface area contributed by atoms with Crippen molar-refractivity contribution in [3.63, 3.8) is 0 Å². The normalized spacial score (nSPS) is 16.0. The van der Waals surface area contributed by atoms with E-state index in [0.29, 0.717) is 0 Å². The van der Waals surface area contributed by atoms with E-state index in [1.165, 1.54) is 0 Å². The van der Waals surface area contributed by atoms with Crippen molar-refractivity contribution < 1.29 is 10.4 Å². The first kappa shape index (κ1) is 16.1.